The molecule has 2 N–H and O–H groups in total. The highest BCUT2D eigenvalue weighted by Crippen LogP contribution is 2.10. The van der Waals surface area contributed by atoms with E-state index in [1.165, 1.54) is 6.92 Å². The lowest BCUT2D eigenvalue weighted by Gasteiger charge is -2.21. The van der Waals surface area contributed by atoms with Gasteiger partial charge in [0.2, 0.25) is 5.91 Å². The van der Waals surface area contributed by atoms with Crippen LogP contribution >= 0.6 is 11.6 Å². The van der Waals surface area contributed by atoms with E-state index in [0.29, 0.717) is 24.7 Å². The molecule has 0 bridgehead atoms. The second-order valence-electron chi connectivity index (χ2n) is 5.63. The summed E-state index contributed by atoms with van der Waals surface area (Å²) in [4.78, 5) is 25.3. The minimum absolute atomic E-state index is 0.0146. The normalized spacial score (nSPS) is 10.2. The van der Waals surface area contributed by atoms with Crippen LogP contribution in [0.5, 0.6) is 0 Å². The maximum absolute atomic E-state index is 11.8. The van der Waals surface area contributed by atoms with Gasteiger partial charge < -0.3 is 15.5 Å². The molecule has 0 atom stereocenters. The van der Waals surface area contributed by atoms with Crippen molar-refractivity contribution in [3.05, 3.63) is 65.2 Å². The number of urea groups is 1. The number of halogens is 1. The number of hydrogen-bond acceptors (Lipinski definition) is 2. The number of para-hydroxylation sites is 1. The first-order chi connectivity index (χ1) is 12.0. The lowest BCUT2D eigenvalue weighted by molar-refractivity contribution is -0.128. The highest BCUT2D eigenvalue weighted by molar-refractivity contribution is 6.30. The van der Waals surface area contributed by atoms with Crippen molar-refractivity contribution in [3.8, 4) is 0 Å². The molecule has 0 saturated heterocycles. The van der Waals surface area contributed by atoms with Crippen molar-refractivity contribution in [2.24, 2.45) is 0 Å². The first-order valence-corrected chi connectivity index (χ1v) is 8.52. The Morgan fingerprint density at radius 1 is 1.00 bits per heavy atom. The number of rotatable bonds is 7. The minimum Gasteiger partial charge on any atom is -0.341 e. The number of nitrogens with zero attached hydrogens (tertiary/aromatic N) is 1. The van der Waals surface area contributed by atoms with Gasteiger partial charge in [0.15, 0.2) is 0 Å². The number of carbonyl (C=O) groups excluding carboxylic acids is 2. The zero-order valence-electron chi connectivity index (χ0n) is 14.2. The Kier molecular flexibility index (Phi) is 7.29. The van der Waals surface area contributed by atoms with Crippen molar-refractivity contribution in [1.82, 2.24) is 10.2 Å². The number of anilines is 1. The van der Waals surface area contributed by atoms with Crippen molar-refractivity contribution in [2.75, 3.05) is 25.0 Å². The predicted molar refractivity (Wildman–Crippen MR) is 101 cm³/mol. The Bertz CT molecular complexity index is 690. The molecular formula is C19H22ClN3O2. The van der Waals surface area contributed by atoms with Gasteiger partial charge in [-0.05, 0) is 36.2 Å². The monoisotopic (exact) mass is 359 g/mol. The molecule has 0 unspecified atom stereocenters. The molecule has 0 radical (unpaired) electrons. The van der Waals surface area contributed by atoms with E-state index in [9.17, 15) is 9.59 Å². The van der Waals surface area contributed by atoms with Crippen LogP contribution in [0.1, 0.15) is 12.5 Å². The van der Waals surface area contributed by atoms with Crippen LogP contribution in [0.15, 0.2) is 54.6 Å². The van der Waals surface area contributed by atoms with Gasteiger partial charge in [0.05, 0.1) is 0 Å². The molecule has 0 fully saturated rings. The molecule has 6 heteroatoms. The van der Waals surface area contributed by atoms with Gasteiger partial charge in [0, 0.05) is 37.3 Å². The summed E-state index contributed by atoms with van der Waals surface area (Å²) in [7, 11) is 0. The van der Waals surface area contributed by atoms with Crippen molar-refractivity contribution in [3.63, 3.8) is 0 Å². The number of benzene rings is 2. The van der Waals surface area contributed by atoms with E-state index in [-0.39, 0.29) is 11.9 Å². The van der Waals surface area contributed by atoms with Crippen LogP contribution in [0.4, 0.5) is 10.5 Å². The summed E-state index contributed by atoms with van der Waals surface area (Å²) >= 11 is 5.87. The van der Waals surface area contributed by atoms with Gasteiger partial charge >= 0.3 is 6.03 Å². The van der Waals surface area contributed by atoms with E-state index in [4.69, 9.17) is 11.6 Å². The predicted octanol–water partition coefficient (Wildman–Crippen LogP) is 3.55. The molecule has 132 valence electrons. The molecule has 2 rings (SSSR count). The molecule has 0 aliphatic carbocycles. The fourth-order valence-electron chi connectivity index (χ4n) is 2.34. The Labute approximate surface area is 153 Å². The molecule has 2 aromatic carbocycles. The van der Waals surface area contributed by atoms with Crippen molar-refractivity contribution < 1.29 is 9.59 Å². The maximum atomic E-state index is 11.8. The van der Waals surface area contributed by atoms with Crippen LogP contribution in [0.2, 0.25) is 5.02 Å². The van der Waals surface area contributed by atoms with Gasteiger partial charge in [-0.2, -0.15) is 0 Å². The fraction of sp³-hybridized carbons (Fsp3) is 0.263. The van der Waals surface area contributed by atoms with Crippen LogP contribution in [-0.2, 0) is 11.2 Å². The Morgan fingerprint density at radius 2 is 1.68 bits per heavy atom. The van der Waals surface area contributed by atoms with Crippen molar-refractivity contribution in [2.45, 2.75) is 13.3 Å². The van der Waals surface area contributed by atoms with Gasteiger partial charge in [-0.3, -0.25) is 4.79 Å². The molecule has 25 heavy (non-hydrogen) atoms. The zero-order valence-corrected chi connectivity index (χ0v) is 14.9. The third-order valence-corrected chi connectivity index (χ3v) is 3.98. The molecule has 3 amide bonds. The molecule has 0 heterocycles. The molecular weight excluding hydrogens is 338 g/mol. The van der Waals surface area contributed by atoms with E-state index in [0.717, 1.165) is 17.7 Å². The van der Waals surface area contributed by atoms with Crippen LogP contribution in [0.3, 0.4) is 0 Å². The number of amides is 3. The van der Waals surface area contributed by atoms with E-state index in [1.807, 2.05) is 54.6 Å². The van der Waals surface area contributed by atoms with Gasteiger partial charge in [-0.1, -0.05) is 41.9 Å². The quantitative estimate of drug-likeness (QED) is 0.794. The van der Waals surface area contributed by atoms with Gasteiger partial charge in [-0.15, -0.1) is 0 Å². The Morgan fingerprint density at radius 3 is 2.32 bits per heavy atom. The highest BCUT2D eigenvalue weighted by Gasteiger charge is 2.09. The lowest BCUT2D eigenvalue weighted by atomic mass is 10.1. The summed E-state index contributed by atoms with van der Waals surface area (Å²) in [6.45, 7) is 2.98. The van der Waals surface area contributed by atoms with Crippen molar-refractivity contribution in [1.29, 1.82) is 0 Å². The first-order valence-electron chi connectivity index (χ1n) is 8.14. The fourth-order valence-corrected chi connectivity index (χ4v) is 2.47. The molecule has 0 aromatic heterocycles. The Balaban J connectivity index is 1.74. The highest BCUT2D eigenvalue weighted by atomic mass is 35.5. The average molecular weight is 360 g/mol. The lowest BCUT2D eigenvalue weighted by Crippen LogP contribution is -2.39. The van der Waals surface area contributed by atoms with Crippen LogP contribution < -0.4 is 10.6 Å². The summed E-state index contributed by atoms with van der Waals surface area (Å²) in [5.74, 6) is -0.0146. The van der Waals surface area contributed by atoms with Gasteiger partial charge in [0.25, 0.3) is 0 Å². The summed E-state index contributed by atoms with van der Waals surface area (Å²) in [6.07, 6.45) is 0.743. The van der Waals surface area contributed by atoms with Gasteiger partial charge in [0.1, 0.15) is 0 Å². The van der Waals surface area contributed by atoms with E-state index >= 15 is 0 Å². The molecule has 5 nitrogen and oxygen atoms in total. The van der Waals surface area contributed by atoms with E-state index in [1.54, 1.807) is 4.90 Å². The molecule has 0 saturated carbocycles. The van der Waals surface area contributed by atoms with Crippen molar-refractivity contribution >= 4 is 29.2 Å². The number of hydrogen-bond donors (Lipinski definition) is 2. The Hall–Kier alpha value is -2.53. The van der Waals surface area contributed by atoms with E-state index in [2.05, 4.69) is 10.6 Å². The topological polar surface area (TPSA) is 61.4 Å². The molecule has 2 aromatic rings. The molecule has 0 aliphatic rings. The van der Waals surface area contributed by atoms with Crippen LogP contribution in [-0.4, -0.2) is 36.5 Å². The molecule has 0 aliphatic heterocycles. The van der Waals surface area contributed by atoms with E-state index < -0.39 is 0 Å². The smallest absolute Gasteiger partial charge is 0.319 e. The zero-order chi connectivity index (χ0) is 18.1. The second kappa shape index (κ2) is 9.69. The summed E-state index contributed by atoms with van der Waals surface area (Å²) in [6, 6.07) is 16.5. The SMILES string of the molecule is CC(=O)N(CCNC(=O)Nc1ccccc1)CCc1ccc(Cl)cc1. The summed E-state index contributed by atoms with van der Waals surface area (Å²) in [5, 5.41) is 6.20. The first kappa shape index (κ1) is 18.8. The van der Waals surface area contributed by atoms with Crippen LogP contribution in [0, 0.1) is 0 Å². The summed E-state index contributed by atoms with van der Waals surface area (Å²) in [5.41, 5.74) is 1.84. The largest absolute Gasteiger partial charge is 0.341 e. The van der Waals surface area contributed by atoms with Crippen LogP contribution in [0.25, 0.3) is 0 Å². The summed E-state index contributed by atoms with van der Waals surface area (Å²) < 4.78 is 0. The number of carbonyl (C=O) groups is 2. The van der Waals surface area contributed by atoms with Gasteiger partial charge in [-0.25, -0.2) is 4.79 Å². The molecule has 0 spiro atoms. The average Bonchev–Trinajstić information content (AvgIpc) is 2.60. The maximum Gasteiger partial charge on any atom is 0.319 e. The minimum atomic E-state index is -0.285. The second-order valence-corrected chi connectivity index (χ2v) is 6.07. The number of nitrogens with one attached hydrogen (secondary N) is 2. The third-order valence-electron chi connectivity index (χ3n) is 3.73. The standard InChI is InChI=1S/C19H22ClN3O2/c1-15(24)23(13-11-16-7-9-17(20)10-8-16)14-12-21-19(25)22-18-5-3-2-4-6-18/h2-10H,11-14H2,1H3,(H2,21,22,25). The third kappa shape index (κ3) is 6.85.